The minimum atomic E-state index is -0.924. The topological polar surface area (TPSA) is 69.6 Å². The van der Waals surface area contributed by atoms with Gasteiger partial charge in [-0.05, 0) is 85.6 Å². The monoisotopic (exact) mass is 478 g/mol. The van der Waals surface area contributed by atoms with E-state index in [0.717, 1.165) is 31.5 Å². The number of piperidine rings is 1. The molecule has 2 atom stereocenters. The molecule has 170 valence electrons. The molecule has 1 amide bonds. The molecule has 0 unspecified atom stereocenters. The average Bonchev–Trinajstić information content (AvgIpc) is 3.47. The van der Waals surface area contributed by atoms with Gasteiger partial charge >= 0.3 is 5.97 Å². The van der Waals surface area contributed by atoms with Crippen LogP contribution in [0.2, 0.25) is 10.0 Å². The summed E-state index contributed by atoms with van der Waals surface area (Å²) in [5.74, 6) is -1.20. The summed E-state index contributed by atoms with van der Waals surface area (Å²) in [5, 5.41) is 13.5. The van der Waals surface area contributed by atoms with Crippen LogP contribution in [-0.4, -0.2) is 41.5 Å². The van der Waals surface area contributed by atoms with Crippen LogP contribution < -0.4 is 5.32 Å². The maximum atomic E-state index is 13.9. The standard InChI is InChI=1S/C24H25Cl2FN2O3/c1-14(30)28-22-5-3-18(27)11-19(22)15-6-8-29(9-7-15)13-17-12-24(17,23(31)32)16-2-4-20(25)21(26)10-16/h2-5,10-11,15,17H,6-9,12-13H2,1H3,(H,28,30)(H,31,32)/t17-,24+/m0/s1. The maximum Gasteiger partial charge on any atom is 0.314 e. The number of hydrogen-bond donors (Lipinski definition) is 2. The highest BCUT2D eigenvalue weighted by Gasteiger charge is 2.61. The van der Waals surface area contributed by atoms with Gasteiger partial charge in [0.1, 0.15) is 5.82 Å². The Kier molecular flexibility index (Phi) is 6.48. The quantitative estimate of drug-likeness (QED) is 0.589. The predicted molar refractivity (Wildman–Crippen MR) is 123 cm³/mol. The molecule has 2 aromatic rings. The van der Waals surface area contributed by atoms with Gasteiger partial charge < -0.3 is 15.3 Å². The molecule has 2 N–H and O–H groups in total. The molecule has 1 saturated carbocycles. The predicted octanol–water partition coefficient (Wildman–Crippen LogP) is 5.31. The zero-order valence-electron chi connectivity index (χ0n) is 17.7. The van der Waals surface area contributed by atoms with Crippen molar-refractivity contribution in [1.82, 2.24) is 4.90 Å². The van der Waals surface area contributed by atoms with Gasteiger partial charge in [-0.15, -0.1) is 0 Å². The summed E-state index contributed by atoms with van der Waals surface area (Å²) in [6.07, 6.45) is 2.20. The number of aliphatic carboxylic acids is 1. The van der Waals surface area contributed by atoms with E-state index in [4.69, 9.17) is 23.2 Å². The van der Waals surface area contributed by atoms with Gasteiger partial charge in [0.05, 0.1) is 15.5 Å². The number of carbonyl (C=O) groups excluding carboxylic acids is 1. The fraction of sp³-hybridized carbons (Fsp3) is 0.417. The molecule has 8 heteroatoms. The molecule has 0 bridgehead atoms. The van der Waals surface area contributed by atoms with Crippen LogP contribution in [0, 0.1) is 11.7 Å². The van der Waals surface area contributed by atoms with Crippen molar-refractivity contribution in [2.75, 3.05) is 25.0 Å². The largest absolute Gasteiger partial charge is 0.481 e. The lowest BCUT2D eigenvalue weighted by Crippen LogP contribution is -2.36. The number of amides is 1. The maximum absolute atomic E-state index is 13.9. The van der Waals surface area contributed by atoms with E-state index in [-0.39, 0.29) is 23.6 Å². The van der Waals surface area contributed by atoms with Crippen LogP contribution in [-0.2, 0) is 15.0 Å². The van der Waals surface area contributed by atoms with E-state index in [0.29, 0.717) is 34.3 Å². The van der Waals surface area contributed by atoms with Gasteiger partial charge in [-0.2, -0.15) is 0 Å². The molecule has 1 aliphatic carbocycles. The minimum Gasteiger partial charge on any atom is -0.481 e. The Morgan fingerprint density at radius 3 is 2.50 bits per heavy atom. The van der Waals surface area contributed by atoms with Crippen LogP contribution >= 0.6 is 23.2 Å². The molecular weight excluding hydrogens is 454 g/mol. The van der Waals surface area contributed by atoms with E-state index in [9.17, 15) is 19.1 Å². The first-order valence-electron chi connectivity index (χ1n) is 10.7. The molecule has 1 aliphatic heterocycles. The third-order valence-electron chi connectivity index (χ3n) is 6.75. The summed E-state index contributed by atoms with van der Waals surface area (Å²) < 4.78 is 13.9. The Labute approximate surface area is 196 Å². The van der Waals surface area contributed by atoms with E-state index in [1.165, 1.54) is 19.1 Å². The third kappa shape index (κ3) is 4.49. The van der Waals surface area contributed by atoms with Crippen LogP contribution in [0.5, 0.6) is 0 Å². The summed E-state index contributed by atoms with van der Waals surface area (Å²) >= 11 is 12.1. The number of carbonyl (C=O) groups is 2. The molecule has 4 rings (SSSR count). The molecule has 2 fully saturated rings. The first kappa shape index (κ1) is 23.0. The molecule has 32 heavy (non-hydrogen) atoms. The molecular formula is C24H25Cl2FN2O3. The van der Waals surface area contributed by atoms with Crippen molar-refractivity contribution in [2.24, 2.45) is 5.92 Å². The van der Waals surface area contributed by atoms with Gasteiger partial charge in [-0.1, -0.05) is 29.3 Å². The van der Waals surface area contributed by atoms with Crippen LogP contribution in [0.25, 0.3) is 0 Å². The Morgan fingerprint density at radius 2 is 1.88 bits per heavy atom. The Hall–Kier alpha value is -2.15. The van der Waals surface area contributed by atoms with Crippen molar-refractivity contribution in [3.8, 4) is 0 Å². The molecule has 0 radical (unpaired) electrons. The van der Waals surface area contributed by atoms with Crippen LogP contribution in [0.3, 0.4) is 0 Å². The SMILES string of the molecule is CC(=O)Nc1ccc(F)cc1C1CCN(C[C@@H]2C[C@@]2(C(=O)O)c2ccc(Cl)c(Cl)c2)CC1. The Bertz CT molecular complexity index is 1060. The lowest BCUT2D eigenvalue weighted by atomic mass is 9.87. The first-order valence-corrected chi connectivity index (χ1v) is 11.4. The summed E-state index contributed by atoms with van der Waals surface area (Å²) in [4.78, 5) is 26.0. The molecule has 2 aromatic carbocycles. The number of likely N-dealkylation sites (tertiary alicyclic amines) is 1. The zero-order chi connectivity index (χ0) is 23.0. The van der Waals surface area contributed by atoms with Gasteiger partial charge in [0.15, 0.2) is 0 Å². The second kappa shape index (κ2) is 9.00. The van der Waals surface area contributed by atoms with Crippen molar-refractivity contribution in [3.63, 3.8) is 0 Å². The van der Waals surface area contributed by atoms with Crippen LogP contribution in [0.1, 0.15) is 43.2 Å². The molecule has 1 saturated heterocycles. The number of carboxylic acid groups (broad SMARTS) is 1. The van der Waals surface area contributed by atoms with Gasteiger partial charge in [0, 0.05) is 19.2 Å². The molecule has 0 spiro atoms. The summed E-state index contributed by atoms with van der Waals surface area (Å²) in [6.45, 7) is 3.69. The van der Waals surface area contributed by atoms with Crippen molar-refractivity contribution in [1.29, 1.82) is 0 Å². The van der Waals surface area contributed by atoms with E-state index in [1.807, 2.05) is 0 Å². The Balaban J connectivity index is 1.42. The third-order valence-corrected chi connectivity index (χ3v) is 7.49. The normalized spacial score (nSPS) is 23.7. The number of benzene rings is 2. The van der Waals surface area contributed by atoms with Crippen molar-refractivity contribution in [3.05, 3.63) is 63.4 Å². The number of hydrogen-bond acceptors (Lipinski definition) is 3. The number of halogens is 3. The number of rotatable bonds is 6. The number of anilines is 1. The van der Waals surface area contributed by atoms with Crippen molar-refractivity contribution < 1.29 is 19.1 Å². The smallest absolute Gasteiger partial charge is 0.314 e. The molecule has 2 aliphatic rings. The van der Waals surface area contributed by atoms with E-state index >= 15 is 0 Å². The van der Waals surface area contributed by atoms with Gasteiger partial charge in [0.25, 0.3) is 0 Å². The fourth-order valence-electron chi connectivity index (χ4n) is 4.98. The van der Waals surface area contributed by atoms with Gasteiger partial charge in [-0.3, -0.25) is 9.59 Å². The number of carboxylic acids is 1. The second-order valence-electron chi connectivity index (χ2n) is 8.79. The number of nitrogens with one attached hydrogen (secondary N) is 1. The summed E-state index contributed by atoms with van der Waals surface area (Å²) in [7, 11) is 0. The fourth-order valence-corrected chi connectivity index (χ4v) is 5.27. The molecule has 1 heterocycles. The van der Waals surface area contributed by atoms with Crippen LogP contribution in [0.4, 0.5) is 10.1 Å². The van der Waals surface area contributed by atoms with Gasteiger partial charge in [-0.25, -0.2) is 4.39 Å². The Morgan fingerprint density at radius 1 is 1.16 bits per heavy atom. The van der Waals surface area contributed by atoms with Crippen molar-refractivity contribution in [2.45, 2.75) is 37.5 Å². The number of nitrogens with zero attached hydrogens (tertiary/aromatic N) is 1. The summed E-state index contributed by atoms with van der Waals surface area (Å²) in [6, 6.07) is 9.54. The first-order chi connectivity index (χ1) is 15.2. The second-order valence-corrected chi connectivity index (χ2v) is 9.61. The van der Waals surface area contributed by atoms with E-state index in [2.05, 4.69) is 10.2 Å². The molecule has 0 aromatic heterocycles. The molecule has 5 nitrogen and oxygen atoms in total. The lowest BCUT2D eigenvalue weighted by molar-refractivity contribution is -0.140. The van der Waals surface area contributed by atoms with E-state index < -0.39 is 11.4 Å². The van der Waals surface area contributed by atoms with Gasteiger partial charge in [0.2, 0.25) is 5.91 Å². The van der Waals surface area contributed by atoms with E-state index in [1.54, 1.807) is 24.3 Å². The average molecular weight is 479 g/mol. The minimum absolute atomic E-state index is 0.00194. The van der Waals surface area contributed by atoms with Crippen molar-refractivity contribution >= 4 is 40.8 Å². The highest BCUT2D eigenvalue weighted by atomic mass is 35.5. The zero-order valence-corrected chi connectivity index (χ0v) is 19.2. The van der Waals surface area contributed by atoms with Crippen LogP contribution in [0.15, 0.2) is 36.4 Å². The highest BCUT2D eigenvalue weighted by molar-refractivity contribution is 6.42. The highest BCUT2D eigenvalue weighted by Crippen LogP contribution is 2.55. The lowest BCUT2D eigenvalue weighted by Gasteiger charge is -2.33. The summed E-state index contributed by atoms with van der Waals surface area (Å²) in [5.41, 5.74) is 1.25.